The molecule has 0 aliphatic rings. The fourth-order valence-corrected chi connectivity index (χ4v) is 1.30. The number of aldehydes is 1. The van der Waals surface area contributed by atoms with Gasteiger partial charge in [0.25, 0.3) is 0 Å². The van der Waals surface area contributed by atoms with Crippen molar-refractivity contribution in [3.05, 3.63) is 35.8 Å². The van der Waals surface area contributed by atoms with E-state index in [1.165, 1.54) is 0 Å². The fourth-order valence-electron chi connectivity index (χ4n) is 1.30. The number of hydrogen-bond acceptors (Lipinski definition) is 2. The molecule has 2 aromatic heterocycles. The molecule has 0 saturated heterocycles. The summed E-state index contributed by atoms with van der Waals surface area (Å²) in [5.74, 6) is 0. The Labute approximate surface area is 69.7 Å². The van der Waals surface area contributed by atoms with Crippen molar-refractivity contribution in [2.24, 2.45) is 0 Å². The van der Waals surface area contributed by atoms with Crippen LogP contribution < -0.4 is 0 Å². The second kappa shape index (κ2) is 2.44. The molecule has 0 amide bonds. The third-order valence-corrected chi connectivity index (χ3v) is 1.83. The van der Waals surface area contributed by atoms with E-state index in [-0.39, 0.29) is 0 Å². The Hall–Kier alpha value is -1.64. The van der Waals surface area contributed by atoms with Crippen LogP contribution >= 0.6 is 0 Å². The zero-order valence-electron chi connectivity index (χ0n) is 6.69. The van der Waals surface area contributed by atoms with Gasteiger partial charge in [-0.25, -0.2) is 4.98 Å². The summed E-state index contributed by atoms with van der Waals surface area (Å²) in [6, 6.07) is 1.83. The van der Waals surface area contributed by atoms with Crippen LogP contribution in [-0.2, 0) is 0 Å². The first-order valence-electron chi connectivity index (χ1n) is 3.70. The van der Waals surface area contributed by atoms with E-state index >= 15 is 0 Å². The average Bonchev–Trinajstić information content (AvgIpc) is 2.52. The lowest BCUT2D eigenvalue weighted by atomic mass is 10.2. The molecular weight excluding hydrogens is 152 g/mol. The fraction of sp³-hybridized carbons (Fsp3) is 0.111. The predicted octanol–water partition coefficient (Wildman–Crippen LogP) is 1.46. The zero-order valence-corrected chi connectivity index (χ0v) is 6.69. The number of rotatable bonds is 1. The molecule has 0 aromatic carbocycles. The van der Waals surface area contributed by atoms with Gasteiger partial charge in [-0.1, -0.05) is 0 Å². The summed E-state index contributed by atoms with van der Waals surface area (Å²) >= 11 is 0. The summed E-state index contributed by atoms with van der Waals surface area (Å²) in [5.41, 5.74) is 2.60. The van der Waals surface area contributed by atoms with E-state index in [1.54, 1.807) is 12.4 Å². The van der Waals surface area contributed by atoms with Crippen molar-refractivity contribution in [1.82, 2.24) is 9.38 Å². The molecule has 0 N–H and O–H groups in total. The van der Waals surface area contributed by atoms with Gasteiger partial charge in [-0.05, 0) is 18.6 Å². The van der Waals surface area contributed by atoms with Crippen molar-refractivity contribution in [2.45, 2.75) is 6.92 Å². The van der Waals surface area contributed by atoms with Gasteiger partial charge in [-0.3, -0.25) is 4.79 Å². The number of fused-ring (bicyclic) bond motifs is 1. The standard InChI is InChI=1S/C9H8N2O/c1-7-4-8(6-12)5-11-3-2-10-9(7)11/h2-6H,1H3. The Morgan fingerprint density at radius 2 is 2.42 bits per heavy atom. The molecule has 3 heteroatoms. The number of carbonyl (C=O) groups is 1. The smallest absolute Gasteiger partial charge is 0.151 e. The quantitative estimate of drug-likeness (QED) is 0.592. The SMILES string of the molecule is Cc1cc(C=O)cn2ccnc12. The van der Waals surface area contributed by atoms with E-state index in [0.29, 0.717) is 5.56 Å². The molecule has 3 nitrogen and oxygen atoms in total. The molecule has 0 saturated carbocycles. The predicted molar refractivity (Wildman–Crippen MR) is 45.3 cm³/mol. The topological polar surface area (TPSA) is 34.4 Å². The maximum atomic E-state index is 10.5. The summed E-state index contributed by atoms with van der Waals surface area (Å²) in [5, 5.41) is 0. The van der Waals surface area contributed by atoms with Crippen LogP contribution in [0.4, 0.5) is 0 Å². The van der Waals surface area contributed by atoms with Crippen LogP contribution in [0.25, 0.3) is 5.65 Å². The van der Waals surface area contributed by atoms with Crippen LogP contribution in [0.1, 0.15) is 15.9 Å². The molecule has 2 heterocycles. The number of carbonyl (C=O) groups excluding carboxylic acids is 1. The lowest BCUT2D eigenvalue weighted by Gasteiger charge is -1.98. The monoisotopic (exact) mass is 160 g/mol. The third kappa shape index (κ3) is 0.906. The molecular formula is C9H8N2O. The Bertz CT molecular complexity index is 431. The minimum Gasteiger partial charge on any atom is -0.306 e. The largest absolute Gasteiger partial charge is 0.306 e. The lowest BCUT2D eigenvalue weighted by Crippen LogP contribution is -1.91. The average molecular weight is 160 g/mol. The Balaban J connectivity index is 2.83. The third-order valence-electron chi connectivity index (χ3n) is 1.83. The highest BCUT2D eigenvalue weighted by molar-refractivity contribution is 5.75. The lowest BCUT2D eigenvalue weighted by molar-refractivity contribution is 0.112. The van der Waals surface area contributed by atoms with Gasteiger partial charge < -0.3 is 4.40 Å². The summed E-state index contributed by atoms with van der Waals surface area (Å²) in [6.45, 7) is 1.94. The van der Waals surface area contributed by atoms with Gasteiger partial charge >= 0.3 is 0 Å². The summed E-state index contributed by atoms with van der Waals surface area (Å²) in [6.07, 6.45) is 6.15. The molecule has 2 aromatic rings. The Morgan fingerprint density at radius 3 is 3.17 bits per heavy atom. The first-order valence-corrected chi connectivity index (χ1v) is 3.70. The van der Waals surface area contributed by atoms with Crippen LogP contribution in [-0.4, -0.2) is 15.7 Å². The maximum absolute atomic E-state index is 10.5. The van der Waals surface area contributed by atoms with Crippen molar-refractivity contribution >= 4 is 11.9 Å². The molecule has 0 bridgehead atoms. The van der Waals surface area contributed by atoms with Gasteiger partial charge in [-0.2, -0.15) is 0 Å². The molecule has 0 spiro atoms. The molecule has 0 unspecified atom stereocenters. The first kappa shape index (κ1) is 7.03. The number of aryl methyl sites for hydroxylation is 1. The van der Waals surface area contributed by atoms with Crippen LogP contribution in [0.15, 0.2) is 24.7 Å². The van der Waals surface area contributed by atoms with E-state index in [4.69, 9.17) is 0 Å². The second-order valence-electron chi connectivity index (χ2n) is 2.73. The number of hydrogen-bond donors (Lipinski definition) is 0. The normalized spacial score (nSPS) is 10.4. The van der Waals surface area contributed by atoms with Crippen molar-refractivity contribution in [2.75, 3.05) is 0 Å². The molecule has 0 aliphatic heterocycles. The molecule has 2 rings (SSSR count). The second-order valence-corrected chi connectivity index (χ2v) is 2.73. The summed E-state index contributed by atoms with van der Waals surface area (Å²) < 4.78 is 1.85. The number of aromatic nitrogens is 2. The highest BCUT2D eigenvalue weighted by Gasteiger charge is 1.99. The van der Waals surface area contributed by atoms with E-state index in [9.17, 15) is 4.79 Å². The summed E-state index contributed by atoms with van der Waals surface area (Å²) in [4.78, 5) is 14.6. The van der Waals surface area contributed by atoms with E-state index in [0.717, 1.165) is 17.5 Å². The summed E-state index contributed by atoms with van der Waals surface area (Å²) in [7, 11) is 0. The van der Waals surface area contributed by atoms with Gasteiger partial charge in [-0.15, -0.1) is 0 Å². The van der Waals surface area contributed by atoms with Gasteiger partial charge in [0.1, 0.15) is 5.65 Å². The minimum absolute atomic E-state index is 0.679. The molecule has 0 atom stereocenters. The van der Waals surface area contributed by atoms with E-state index in [2.05, 4.69) is 4.98 Å². The van der Waals surface area contributed by atoms with Gasteiger partial charge in [0.05, 0.1) is 0 Å². The van der Waals surface area contributed by atoms with E-state index < -0.39 is 0 Å². The van der Waals surface area contributed by atoms with E-state index in [1.807, 2.05) is 23.6 Å². The van der Waals surface area contributed by atoms with Gasteiger partial charge in [0, 0.05) is 24.2 Å². The molecule has 0 radical (unpaired) electrons. The van der Waals surface area contributed by atoms with Crippen LogP contribution in [0.5, 0.6) is 0 Å². The van der Waals surface area contributed by atoms with Crippen LogP contribution in [0, 0.1) is 6.92 Å². The van der Waals surface area contributed by atoms with Crippen LogP contribution in [0.2, 0.25) is 0 Å². The molecule has 0 aliphatic carbocycles. The number of pyridine rings is 1. The van der Waals surface area contributed by atoms with Gasteiger partial charge in [0.15, 0.2) is 6.29 Å². The van der Waals surface area contributed by atoms with Crippen molar-refractivity contribution in [3.8, 4) is 0 Å². The zero-order chi connectivity index (χ0) is 8.55. The van der Waals surface area contributed by atoms with Crippen molar-refractivity contribution in [3.63, 3.8) is 0 Å². The Kier molecular flexibility index (Phi) is 1.43. The Morgan fingerprint density at radius 1 is 1.58 bits per heavy atom. The number of nitrogens with zero attached hydrogens (tertiary/aromatic N) is 2. The molecule has 0 fully saturated rings. The minimum atomic E-state index is 0.679. The highest BCUT2D eigenvalue weighted by Crippen LogP contribution is 2.09. The first-order chi connectivity index (χ1) is 5.81. The molecule has 12 heavy (non-hydrogen) atoms. The molecule has 60 valence electrons. The van der Waals surface area contributed by atoms with Crippen molar-refractivity contribution in [1.29, 1.82) is 0 Å². The highest BCUT2D eigenvalue weighted by atomic mass is 16.1. The number of imidazole rings is 1. The van der Waals surface area contributed by atoms with Crippen molar-refractivity contribution < 1.29 is 4.79 Å². The maximum Gasteiger partial charge on any atom is 0.151 e. The van der Waals surface area contributed by atoms with Crippen LogP contribution in [0.3, 0.4) is 0 Å². The van der Waals surface area contributed by atoms with Gasteiger partial charge in [0.2, 0.25) is 0 Å².